The van der Waals surface area contributed by atoms with Gasteiger partial charge in [0.15, 0.2) is 0 Å². The number of allylic oxidation sites excluding steroid dienone is 2. The Bertz CT molecular complexity index is 1730. The Kier molecular flexibility index (Phi) is 13.2. The van der Waals surface area contributed by atoms with Crippen molar-refractivity contribution >= 4 is 18.5 Å². The molecule has 7 rings (SSSR count). The van der Waals surface area contributed by atoms with Crippen molar-refractivity contribution in [3.05, 3.63) is 129 Å². The van der Waals surface area contributed by atoms with Gasteiger partial charge in [-0.3, -0.25) is 0 Å². The quantitative estimate of drug-likeness (QED) is 0.102. The smallest absolute Gasteiger partial charge is 1.00 e. The zero-order valence-electron chi connectivity index (χ0n) is 31.1. The standard InChI is InChI=1S/C46H54Si.2ClH.Zr/c1-7-9-11-13-17-39-31-37-19-15-21-41(35-27-23-33(3)24-28-35)43(37)45(39)47(5,6)46-40(18-14-12-10-8-2)32-38-20-16-22-42(44(38)46)36-29-25-34(4)26-30-36;;;/h15-16,19-32H,7-14,17-18H2,1-6H3;2*1H;/q;;;+2/p-2. The first-order chi connectivity index (χ1) is 23.3. The maximum Gasteiger partial charge on any atom is -1.00 e. The van der Waals surface area contributed by atoms with E-state index < -0.39 is 31.3 Å². The summed E-state index contributed by atoms with van der Waals surface area (Å²) in [6.07, 6.45) is 13.3. The van der Waals surface area contributed by atoms with Crippen molar-refractivity contribution in [2.45, 2.75) is 112 Å². The maximum atomic E-state index is 2.77. The van der Waals surface area contributed by atoms with Crippen LogP contribution in [0, 0.1) is 13.8 Å². The van der Waals surface area contributed by atoms with E-state index in [9.17, 15) is 0 Å². The minimum atomic E-state index is -2.18. The van der Waals surface area contributed by atoms with Crippen LogP contribution >= 0.6 is 0 Å². The van der Waals surface area contributed by atoms with Crippen molar-refractivity contribution in [2.24, 2.45) is 0 Å². The van der Waals surface area contributed by atoms with E-state index in [1.165, 1.54) is 97.6 Å². The molecular weight excluding hydrogens is 743 g/mol. The Labute approximate surface area is 328 Å². The van der Waals surface area contributed by atoms with Gasteiger partial charge in [0.2, 0.25) is 0 Å². The van der Waals surface area contributed by atoms with Crippen LogP contribution in [0.15, 0.2) is 96.1 Å². The Morgan fingerprint density at radius 3 is 1.30 bits per heavy atom. The molecule has 0 aromatic heterocycles. The molecule has 4 aromatic carbocycles. The van der Waals surface area contributed by atoms with E-state index >= 15 is 0 Å². The molecule has 1 aliphatic heterocycles. The van der Waals surface area contributed by atoms with E-state index in [0.717, 1.165) is 0 Å². The molecule has 4 bridgehead atoms. The van der Waals surface area contributed by atoms with E-state index in [1.54, 1.807) is 22.3 Å². The van der Waals surface area contributed by atoms with Crippen LogP contribution in [0.2, 0.25) is 13.1 Å². The van der Waals surface area contributed by atoms with Gasteiger partial charge in [-0.2, -0.15) is 0 Å². The van der Waals surface area contributed by atoms with Gasteiger partial charge >= 0.3 is 306 Å². The van der Waals surface area contributed by atoms with E-state index in [0.29, 0.717) is 7.25 Å². The molecule has 0 saturated carbocycles. The predicted molar refractivity (Wildman–Crippen MR) is 208 cm³/mol. The van der Waals surface area contributed by atoms with E-state index in [4.69, 9.17) is 0 Å². The number of aryl methyl sites for hydroxylation is 2. The van der Waals surface area contributed by atoms with Crippen LogP contribution in [-0.4, -0.2) is 8.07 Å². The molecule has 50 heavy (non-hydrogen) atoms. The summed E-state index contributed by atoms with van der Waals surface area (Å²) in [7, 11) is -2.18. The number of fused-ring (bicyclic) bond motifs is 8. The third kappa shape index (κ3) is 7.18. The van der Waals surface area contributed by atoms with Crippen LogP contribution in [-0.2, 0) is 23.2 Å². The van der Waals surface area contributed by atoms with Gasteiger partial charge in [-0.15, -0.1) is 0 Å². The Balaban J connectivity index is 0.00000243. The molecule has 0 saturated heterocycles. The Morgan fingerprint density at radius 1 is 0.520 bits per heavy atom. The predicted octanol–water partition coefficient (Wildman–Crippen LogP) is 7.79. The minimum Gasteiger partial charge on any atom is -1.00 e. The summed E-state index contributed by atoms with van der Waals surface area (Å²) in [6, 6.07) is 33.7. The van der Waals surface area contributed by atoms with Crippen LogP contribution in [0.5, 0.6) is 0 Å². The second kappa shape index (κ2) is 16.8. The Hall–Kier alpha value is -1.96. The molecule has 2 aliphatic carbocycles. The van der Waals surface area contributed by atoms with Gasteiger partial charge in [0.1, 0.15) is 0 Å². The Morgan fingerprint density at radius 2 is 0.920 bits per heavy atom. The molecule has 0 amide bonds. The van der Waals surface area contributed by atoms with E-state index in [-0.39, 0.29) is 24.8 Å². The molecule has 0 N–H and O–H groups in total. The fourth-order valence-corrected chi connectivity index (χ4v) is 19.4. The summed E-state index contributed by atoms with van der Waals surface area (Å²) < 4.78 is 1.37. The zero-order chi connectivity index (χ0) is 33.4. The van der Waals surface area contributed by atoms with Gasteiger partial charge in [-0.25, -0.2) is 0 Å². The van der Waals surface area contributed by atoms with Crippen molar-refractivity contribution in [1.29, 1.82) is 0 Å². The SMILES string of the molecule is CCCCCCC1=C2c3c(-c4ccc(C)cc4)cccc3[CH]1[Zr+2][CH]1C(CCCCCC)=C(c3c(-c4ccc(C)cc4)cccc31)[Si]2(C)C.[Cl-].[Cl-]. The second-order valence-electron chi connectivity index (χ2n) is 15.4. The number of halogens is 2. The summed E-state index contributed by atoms with van der Waals surface area (Å²) in [5, 5.41) is 3.67. The molecule has 3 aliphatic rings. The summed E-state index contributed by atoms with van der Waals surface area (Å²) in [5.41, 5.74) is 19.0. The first kappa shape index (κ1) is 39.3. The molecule has 0 fully saturated rings. The molecule has 4 heteroatoms. The topological polar surface area (TPSA) is 0 Å². The normalized spacial score (nSPS) is 17.9. The fourth-order valence-electron chi connectivity index (χ4n) is 9.24. The number of unbranched alkanes of at least 4 members (excludes halogenated alkanes) is 6. The van der Waals surface area contributed by atoms with Gasteiger partial charge in [-0.05, 0) is 0 Å². The fraction of sp³-hybridized carbons (Fsp3) is 0.391. The van der Waals surface area contributed by atoms with Gasteiger partial charge < -0.3 is 24.8 Å². The minimum absolute atomic E-state index is 0. The van der Waals surface area contributed by atoms with Crippen molar-refractivity contribution in [3.8, 4) is 22.3 Å². The van der Waals surface area contributed by atoms with Crippen LogP contribution in [0.3, 0.4) is 0 Å². The summed E-state index contributed by atoms with van der Waals surface area (Å²) >= 11 is -0.977. The number of hydrogen-bond acceptors (Lipinski definition) is 0. The maximum absolute atomic E-state index is 2.77. The molecule has 260 valence electrons. The number of benzene rings is 4. The summed E-state index contributed by atoms with van der Waals surface area (Å²) in [5.74, 6) is 0. The average molecular weight is 797 g/mol. The molecule has 2 unspecified atom stereocenters. The largest absolute Gasteiger partial charge is 1.00 e. The van der Waals surface area contributed by atoms with Crippen LogP contribution in [0.25, 0.3) is 32.6 Å². The van der Waals surface area contributed by atoms with Crippen molar-refractivity contribution in [2.75, 3.05) is 0 Å². The van der Waals surface area contributed by atoms with Gasteiger partial charge in [0, 0.05) is 0 Å². The van der Waals surface area contributed by atoms with Crippen LogP contribution < -0.4 is 24.8 Å². The molecule has 0 nitrogen and oxygen atoms in total. The first-order valence-electron chi connectivity index (χ1n) is 19.0. The summed E-state index contributed by atoms with van der Waals surface area (Å²) in [6.45, 7) is 14.7. The molecule has 4 aromatic rings. The third-order valence-electron chi connectivity index (χ3n) is 11.6. The van der Waals surface area contributed by atoms with Crippen molar-refractivity contribution in [3.63, 3.8) is 0 Å². The molecular formula is C46H54Cl2SiZr. The van der Waals surface area contributed by atoms with E-state index in [1.807, 2.05) is 21.5 Å². The van der Waals surface area contributed by atoms with Crippen molar-refractivity contribution in [1.82, 2.24) is 0 Å². The first-order valence-corrected chi connectivity index (χ1v) is 24.8. The molecule has 0 radical (unpaired) electrons. The van der Waals surface area contributed by atoms with Crippen molar-refractivity contribution < 1.29 is 48.0 Å². The summed E-state index contributed by atoms with van der Waals surface area (Å²) in [4.78, 5) is 0. The molecule has 0 spiro atoms. The zero-order valence-corrected chi connectivity index (χ0v) is 36.0. The second-order valence-corrected chi connectivity index (χ2v) is 23.3. The van der Waals surface area contributed by atoms with Gasteiger partial charge in [0.25, 0.3) is 0 Å². The van der Waals surface area contributed by atoms with Crippen LogP contribution in [0.4, 0.5) is 0 Å². The van der Waals surface area contributed by atoms with Crippen LogP contribution in [0.1, 0.15) is 119 Å². The monoisotopic (exact) mass is 794 g/mol. The molecule has 1 heterocycles. The van der Waals surface area contributed by atoms with E-state index in [2.05, 4.69) is 126 Å². The van der Waals surface area contributed by atoms with Gasteiger partial charge in [-0.1, -0.05) is 0 Å². The average Bonchev–Trinajstić information content (AvgIpc) is 3.60. The molecule has 2 atom stereocenters. The third-order valence-corrected chi connectivity index (χ3v) is 20.1. The number of rotatable bonds is 12. The number of hydrogen-bond donors (Lipinski definition) is 0. The van der Waals surface area contributed by atoms with Gasteiger partial charge in [0.05, 0.1) is 0 Å².